The van der Waals surface area contributed by atoms with Crippen LogP contribution in [0.15, 0.2) is 48.5 Å². The summed E-state index contributed by atoms with van der Waals surface area (Å²) in [6.07, 6.45) is -4.52. The van der Waals surface area contributed by atoms with Gasteiger partial charge in [-0.05, 0) is 24.3 Å². The molecule has 0 aliphatic heterocycles. The topological polar surface area (TPSA) is 84.2 Å². The third kappa shape index (κ3) is 3.62. The molecule has 1 aromatic heterocycles. The van der Waals surface area contributed by atoms with Gasteiger partial charge in [0.2, 0.25) is 0 Å². The first kappa shape index (κ1) is 17.7. The zero-order valence-electron chi connectivity index (χ0n) is 13.1. The van der Waals surface area contributed by atoms with Gasteiger partial charge in [0.1, 0.15) is 4.88 Å². The Morgan fingerprint density at radius 1 is 1.00 bits per heavy atom. The average Bonchev–Trinajstić information content (AvgIpc) is 2.93. The fraction of sp³-hybridized carbons (Fsp3) is 0.0588. The quantitative estimate of drug-likeness (QED) is 0.618. The zero-order chi connectivity index (χ0) is 18.9. The highest BCUT2D eigenvalue weighted by Gasteiger charge is 2.30. The van der Waals surface area contributed by atoms with Crippen molar-refractivity contribution in [3.63, 3.8) is 0 Å². The Morgan fingerprint density at radius 3 is 2.42 bits per heavy atom. The lowest BCUT2D eigenvalue weighted by Gasteiger charge is -2.11. The van der Waals surface area contributed by atoms with Crippen molar-refractivity contribution in [2.24, 2.45) is 5.73 Å². The molecule has 0 atom stereocenters. The van der Waals surface area contributed by atoms with E-state index in [1.165, 1.54) is 12.1 Å². The number of carbonyl (C=O) groups is 2. The predicted molar refractivity (Wildman–Crippen MR) is 94.4 cm³/mol. The normalized spacial score (nSPS) is 11.3. The van der Waals surface area contributed by atoms with E-state index < -0.39 is 23.7 Å². The van der Waals surface area contributed by atoms with E-state index in [1.54, 1.807) is 24.3 Å². The molecule has 1 heterocycles. The SMILES string of the molecule is NC(=O)c1sc2ccccc2c1NC(=O)Nc1cccc(C(F)(F)F)c1. The first-order valence-corrected chi connectivity index (χ1v) is 8.14. The molecular weight excluding hydrogens is 367 g/mol. The largest absolute Gasteiger partial charge is 0.416 e. The zero-order valence-corrected chi connectivity index (χ0v) is 13.9. The van der Waals surface area contributed by atoms with Gasteiger partial charge in [-0.15, -0.1) is 11.3 Å². The molecule has 4 N–H and O–H groups in total. The number of amides is 3. The summed E-state index contributed by atoms with van der Waals surface area (Å²) in [5, 5.41) is 5.44. The minimum atomic E-state index is -4.52. The van der Waals surface area contributed by atoms with Crippen LogP contribution in [-0.2, 0) is 6.18 Å². The number of benzene rings is 2. The smallest absolute Gasteiger partial charge is 0.365 e. The summed E-state index contributed by atoms with van der Waals surface area (Å²) < 4.78 is 39.0. The Labute approximate surface area is 149 Å². The number of rotatable bonds is 3. The Balaban J connectivity index is 1.86. The van der Waals surface area contributed by atoms with E-state index in [1.807, 2.05) is 0 Å². The molecule has 0 fully saturated rings. The summed E-state index contributed by atoms with van der Waals surface area (Å²) in [7, 11) is 0. The fourth-order valence-corrected chi connectivity index (χ4v) is 3.40. The van der Waals surface area contributed by atoms with Crippen molar-refractivity contribution in [2.75, 3.05) is 10.6 Å². The Morgan fingerprint density at radius 2 is 1.73 bits per heavy atom. The lowest BCUT2D eigenvalue weighted by atomic mass is 10.2. The highest BCUT2D eigenvalue weighted by atomic mass is 32.1. The second kappa shape index (κ2) is 6.68. The fourth-order valence-electron chi connectivity index (χ4n) is 2.39. The van der Waals surface area contributed by atoms with Gasteiger partial charge in [0, 0.05) is 15.8 Å². The van der Waals surface area contributed by atoms with Crippen LogP contribution >= 0.6 is 11.3 Å². The molecule has 3 aromatic rings. The van der Waals surface area contributed by atoms with Crippen molar-refractivity contribution in [3.8, 4) is 0 Å². The number of fused-ring (bicyclic) bond motifs is 1. The molecular formula is C17H12F3N3O2S. The van der Waals surface area contributed by atoms with Gasteiger partial charge in [0.25, 0.3) is 5.91 Å². The number of anilines is 2. The summed E-state index contributed by atoms with van der Waals surface area (Å²) in [5.41, 5.74) is 4.66. The number of primary amides is 1. The molecule has 0 saturated carbocycles. The molecule has 0 radical (unpaired) electrons. The molecule has 9 heteroatoms. The molecule has 0 spiro atoms. The van der Waals surface area contributed by atoms with E-state index in [0.717, 1.165) is 28.2 Å². The third-order valence-corrected chi connectivity index (χ3v) is 4.69. The first-order chi connectivity index (χ1) is 12.3. The van der Waals surface area contributed by atoms with Crippen LogP contribution in [0.3, 0.4) is 0 Å². The summed E-state index contributed by atoms with van der Waals surface area (Å²) in [5.74, 6) is -0.708. The van der Waals surface area contributed by atoms with Gasteiger partial charge in [0.15, 0.2) is 0 Å². The number of hydrogen-bond donors (Lipinski definition) is 3. The summed E-state index contributed by atoms with van der Waals surface area (Å²) in [6, 6.07) is 10.4. The van der Waals surface area contributed by atoms with Crippen LogP contribution in [0.25, 0.3) is 10.1 Å². The molecule has 0 unspecified atom stereocenters. The van der Waals surface area contributed by atoms with E-state index >= 15 is 0 Å². The summed E-state index contributed by atoms with van der Waals surface area (Å²) in [4.78, 5) is 24.0. The maximum absolute atomic E-state index is 12.7. The van der Waals surface area contributed by atoms with Crippen LogP contribution in [0, 0.1) is 0 Å². The highest BCUT2D eigenvalue weighted by molar-refractivity contribution is 7.21. The van der Waals surface area contributed by atoms with Crippen molar-refractivity contribution in [1.82, 2.24) is 0 Å². The van der Waals surface area contributed by atoms with Gasteiger partial charge in [-0.1, -0.05) is 24.3 Å². The van der Waals surface area contributed by atoms with Gasteiger partial charge < -0.3 is 16.4 Å². The number of urea groups is 1. The molecule has 0 aliphatic rings. The Kier molecular flexibility index (Phi) is 4.56. The van der Waals surface area contributed by atoms with Gasteiger partial charge >= 0.3 is 12.2 Å². The molecule has 0 aliphatic carbocycles. The van der Waals surface area contributed by atoms with Gasteiger partial charge in [-0.2, -0.15) is 13.2 Å². The number of hydrogen-bond acceptors (Lipinski definition) is 3. The Bertz CT molecular complexity index is 998. The first-order valence-electron chi connectivity index (χ1n) is 7.32. The van der Waals surface area contributed by atoms with Crippen molar-refractivity contribution < 1.29 is 22.8 Å². The van der Waals surface area contributed by atoms with E-state index in [4.69, 9.17) is 5.73 Å². The Hall–Kier alpha value is -3.07. The third-order valence-electron chi connectivity index (χ3n) is 3.51. The number of carbonyl (C=O) groups excluding carboxylic acids is 2. The monoisotopic (exact) mass is 379 g/mol. The van der Waals surface area contributed by atoms with Crippen LogP contribution in [-0.4, -0.2) is 11.9 Å². The molecule has 3 rings (SSSR count). The van der Waals surface area contributed by atoms with Gasteiger partial charge in [-0.25, -0.2) is 4.79 Å². The molecule has 0 bridgehead atoms. The predicted octanol–water partition coefficient (Wildman–Crippen LogP) is 4.66. The van der Waals surface area contributed by atoms with E-state index in [2.05, 4.69) is 10.6 Å². The standard InChI is InChI=1S/C17H12F3N3O2S/c18-17(19,20)9-4-3-5-10(8-9)22-16(25)23-13-11-6-1-2-7-12(11)26-14(13)15(21)24/h1-8H,(H2,21,24)(H2,22,23,25). The van der Waals surface area contributed by atoms with Crippen molar-refractivity contribution in [2.45, 2.75) is 6.18 Å². The molecule has 26 heavy (non-hydrogen) atoms. The van der Waals surface area contributed by atoms with Crippen molar-refractivity contribution in [3.05, 3.63) is 59.0 Å². The molecule has 0 saturated heterocycles. The van der Waals surface area contributed by atoms with E-state index in [9.17, 15) is 22.8 Å². The summed E-state index contributed by atoms with van der Waals surface area (Å²) in [6.45, 7) is 0. The minimum absolute atomic E-state index is 0.0301. The van der Waals surface area contributed by atoms with Crippen molar-refractivity contribution in [1.29, 1.82) is 0 Å². The van der Waals surface area contributed by atoms with Crippen LogP contribution < -0.4 is 16.4 Å². The second-order valence-corrected chi connectivity index (χ2v) is 6.38. The van der Waals surface area contributed by atoms with Crippen LogP contribution in [0.4, 0.5) is 29.3 Å². The average molecular weight is 379 g/mol. The molecule has 134 valence electrons. The van der Waals surface area contributed by atoms with Crippen LogP contribution in [0.5, 0.6) is 0 Å². The number of nitrogens with two attached hydrogens (primary N) is 1. The summed E-state index contributed by atoms with van der Waals surface area (Å²) >= 11 is 1.12. The number of alkyl halides is 3. The molecule has 2 aromatic carbocycles. The number of halogens is 3. The maximum Gasteiger partial charge on any atom is 0.416 e. The molecule has 3 amide bonds. The lowest BCUT2D eigenvalue weighted by molar-refractivity contribution is -0.137. The number of nitrogens with one attached hydrogen (secondary N) is 2. The minimum Gasteiger partial charge on any atom is -0.365 e. The van der Waals surface area contributed by atoms with Crippen LogP contribution in [0.2, 0.25) is 0 Å². The number of thiophene rings is 1. The van der Waals surface area contributed by atoms with E-state index in [-0.39, 0.29) is 16.3 Å². The van der Waals surface area contributed by atoms with Gasteiger partial charge in [0.05, 0.1) is 11.3 Å². The van der Waals surface area contributed by atoms with Gasteiger partial charge in [-0.3, -0.25) is 4.79 Å². The molecule has 5 nitrogen and oxygen atoms in total. The second-order valence-electron chi connectivity index (χ2n) is 5.32. The van der Waals surface area contributed by atoms with Crippen LogP contribution in [0.1, 0.15) is 15.2 Å². The highest BCUT2D eigenvalue weighted by Crippen LogP contribution is 2.35. The van der Waals surface area contributed by atoms with E-state index in [0.29, 0.717) is 5.39 Å². The maximum atomic E-state index is 12.7. The lowest BCUT2D eigenvalue weighted by Crippen LogP contribution is -2.21. The van der Waals surface area contributed by atoms with Crippen molar-refractivity contribution >= 4 is 44.7 Å².